The van der Waals surface area contributed by atoms with Crippen molar-refractivity contribution in [3.05, 3.63) is 24.0 Å². The zero-order valence-corrected chi connectivity index (χ0v) is 11.7. The Balaban J connectivity index is 1.87. The molecule has 1 aliphatic carbocycles. The molecule has 19 heavy (non-hydrogen) atoms. The van der Waals surface area contributed by atoms with Crippen LogP contribution >= 0.6 is 0 Å². The van der Waals surface area contributed by atoms with E-state index in [9.17, 15) is 4.39 Å². The molecule has 0 heterocycles. The number of anilines is 1. The minimum absolute atomic E-state index is 0.234. The number of halogens is 1. The van der Waals surface area contributed by atoms with E-state index in [1.54, 1.807) is 13.2 Å². The third-order valence-electron chi connectivity index (χ3n) is 4.00. The maximum atomic E-state index is 13.2. The van der Waals surface area contributed by atoms with Crippen LogP contribution in [0.5, 0.6) is 5.75 Å². The molecule has 4 heteroatoms. The van der Waals surface area contributed by atoms with Gasteiger partial charge in [-0.2, -0.15) is 0 Å². The normalized spacial score (nSPS) is 23.1. The summed E-state index contributed by atoms with van der Waals surface area (Å²) in [5.41, 5.74) is 0.748. The number of hydrogen-bond acceptors (Lipinski definition) is 3. The molecule has 1 aromatic rings. The fourth-order valence-electron chi connectivity index (χ4n) is 2.73. The minimum Gasteiger partial charge on any atom is -0.495 e. The van der Waals surface area contributed by atoms with Gasteiger partial charge in [-0.3, -0.25) is 0 Å². The molecular formula is C15H23FN2O. The van der Waals surface area contributed by atoms with E-state index in [0.29, 0.717) is 17.7 Å². The number of nitrogens with one attached hydrogen (secondary N) is 2. The van der Waals surface area contributed by atoms with Gasteiger partial charge in [0, 0.05) is 18.7 Å². The molecule has 0 amide bonds. The van der Waals surface area contributed by atoms with Gasteiger partial charge in [0.1, 0.15) is 11.6 Å². The predicted octanol–water partition coefficient (Wildman–Crippen LogP) is 3.02. The zero-order valence-electron chi connectivity index (χ0n) is 11.7. The SMILES string of the molecule is CNC1CCC(CNc2cc(F)ccc2OC)CC1. The molecule has 0 unspecified atom stereocenters. The van der Waals surface area contributed by atoms with E-state index in [1.165, 1.54) is 37.8 Å². The molecule has 3 nitrogen and oxygen atoms in total. The highest BCUT2D eigenvalue weighted by Gasteiger charge is 2.20. The lowest BCUT2D eigenvalue weighted by Gasteiger charge is -2.28. The molecule has 1 saturated carbocycles. The van der Waals surface area contributed by atoms with Crippen LogP contribution in [0.25, 0.3) is 0 Å². The van der Waals surface area contributed by atoms with Crippen LogP contribution in [0.1, 0.15) is 25.7 Å². The molecule has 2 N–H and O–H groups in total. The summed E-state index contributed by atoms with van der Waals surface area (Å²) in [6.45, 7) is 0.885. The van der Waals surface area contributed by atoms with Gasteiger partial charge in [0.25, 0.3) is 0 Å². The second-order valence-corrected chi connectivity index (χ2v) is 5.23. The number of benzene rings is 1. The standard InChI is InChI=1S/C15H23FN2O/c1-17-13-6-3-11(4-7-13)10-18-14-9-12(16)5-8-15(14)19-2/h5,8-9,11,13,17-18H,3-4,6-7,10H2,1-2H3. The molecular weight excluding hydrogens is 243 g/mol. The lowest BCUT2D eigenvalue weighted by Crippen LogP contribution is -2.32. The van der Waals surface area contributed by atoms with Crippen molar-refractivity contribution >= 4 is 5.69 Å². The van der Waals surface area contributed by atoms with E-state index in [1.807, 2.05) is 7.05 Å². The molecule has 0 bridgehead atoms. The van der Waals surface area contributed by atoms with E-state index in [4.69, 9.17) is 4.74 Å². The third kappa shape index (κ3) is 3.83. The van der Waals surface area contributed by atoms with Crippen molar-refractivity contribution in [3.63, 3.8) is 0 Å². The summed E-state index contributed by atoms with van der Waals surface area (Å²) in [5, 5.41) is 6.66. The summed E-state index contributed by atoms with van der Waals surface area (Å²) >= 11 is 0. The number of ether oxygens (including phenoxy) is 1. The smallest absolute Gasteiger partial charge is 0.142 e. The fraction of sp³-hybridized carbons (Fsp3) is 0.600. The lowest BCUT2D eigenvalue weighted by atomic mass is 9.86. The van der Waals surface area contributed by atoms with Crippen molar-refractivity contribution in [3.8, 4) is 5.75 Å². The van der Waals surface area contributed by atoms with Gasteiger partial charge in [0.2, 0.25) is 0 Å². The van der Waals surface area contributed by atoms with Crippen LogP contribution in [0.15, 0.2) is 18.2 Å². The molecule has 0 spiro atoms. The predicted molar refractivity (Wildman–Crippen MR) is 76.2 cm³/mol. The van der Waals surface area contributed by atoms with Crippen LogP contribution in [0.3, 0.4) is 0 Å². The topological polar surface area (TPSA) is 33.3 Å². The molecule has 106 valence electrons. The van der Waals surface area contributed by atoms with E-state index in [2.05, 4.69) is 10.6 Å². The molecule has 1 aromatic carbocycles. The first kappa shape index (κ1) is 14.1. The average Bonchev–Trinajstić information content (AvgIpc) is 2.46. The van der Waals surface area contributed by atoms with Gasteiger partial charge in [0.15, 0.2) is 0 Å². The van der Waals surface area contributed by atoms with E-state index in [0.717, 1.165) is 12.2 Å². The number of rotatable bonds is 5. The summed E-state index contributed by atoms with van der Waals surface area (Å²) in [7, 11) is 3.64. The van der Waals surface area contributed by atoms with E-state index >= 15 is 0 Å². The van der Waals surface area contributed by atoms with Crippen molar-refractivity contribution in [2.24, 2.45) is 5.92 Å². The molecule has 2 rings (SSSR count). The zero-order chi connectivity index (χ0) is 13.7. The van der Waals surface area contributed by atoms with Crippen LogP contribution in [-0.4, -0.2) is 26.7 Å². The van der Waals surface area contributed by atoms with E-state index < -0.39 is 0 Å². The maximum Gasteiger partial charge on any atom is 0.142 e. The Labute approximate surface area is 114 Å². The van der Waals surface area contributed by atoms with Crippen LogP contribution in [0, 0.1) is 11.7 Å². The van der Waals surface area contributed by atoms with Gasteiger partial charge in [-0.05, 0) is 50.8 Å². The Morgan fingerprint density at radius 2 is 2.00 bits per heavy atom. The molecule has 1 fully saturated rings. The average molecular weight is 266 g/mol. The fourth-order valence-corrected chi connectivity index (χ4v) is 2.73. The quantitative estimate of drug-likeness (QED) is 0.859. The molecule has 0 radical (unpaired) electrons. The molecule has 0 aliphatic heterocycles. The van der Waals surface area contributed by atoms with Gasteiger partial charge in [0.05, 0.1) is 12.8 Å². The summed E-state index contributed by atoms with van der Waals surface area (Å²) in [6.07, 6.45) is 4.89. The van der Waals surface area contributed by atoms with Crippen LogP contribution < -0.4 is 15.4 Å². The van der Waals surface area contributed by atoms with Gasteiger partial charge in [-0.1, -0.05) is 0 Å². The number of methoxy groups -OCH3 is 1. The molecule has 0 atom stereocenters. The van der Waals surface area contributed by atoms with Crippen molar-refractivity contribution in [2.75, 3.05) is 26.0 Å². The first-order valence-corrected chi connectivity index (χ1v) is 6.97. The van der Waals surface area contributed by atoms with Gasteiger partial charge in [-0.25, -0.2) is 4.39 Å². The van der Waals surface area contributed by atoms with Crippen molar-refractivity contribution in [2.45, 2.75) is 31.7 Å². The minimum atomic E-state index is -0.234. The van der Waals surface area contributed by atoms with Crippen molar-refractivity contribution in [1.82, 2.24) is 5.32 Å². The Bertz CT molecular complexity index is 403. The summed E-state index contributed by atoms with van der Waals surface area (Å²) in [5.74, 6) is 1.13. The first-order chi connectivity index (χ1) is 9.22. The summed E-state index contributed by atoms with van der Waals surface area (Å²) < 4.78 is 18.5. The number of hydrogen-bond donors (Lipinski definition) is 2. The highest BCUT2D eigenvalue weighted by molar-refractivity contribution is 5.56. The molecule has 0 saturated heterocycles. The molecule has 1 aliphatic rings. The van der Waals surface area contributed by atoms with Gasteiger partial charge < -0.3 is 15.4 Å². The Morgan fingerprint density at radius 3 is 2.63 bits per heavy atom. The van der Waals surface area contributed by atoms with Gasteiger partial charge in [-0.15, -0.1) is 0 Å². The van der Waals surface area contributed by atoms with E-state index in [-0.39, 0.29) is 5.82 Å². The van der Waals surface area contributed by atoms with Crippen molar-refractivity contribution in [1.29, 1.82) is 0 Å². The summed E-state index contributed by atoms with van der Waals surface area (Å²) in [4.78, 5) is 0. The Morgan fingerprint density at radius 1 is 1.26 bits per heavy atom. The highest BCUT2D eigenvalue weighted by atomic mass is 19.1. The highest BCUT2D eigenvalue weighted by Crippen LogP contribution is 2.28. The van der Waals surface area contributed by atoms with Gasteiger partial charge >= 0.3 is 0 Å². The summed E-state index contributed by atoms with van der Waals surface area (Å²) in [6, 6.07) is 5.25. The Hall–Kier alpha value is -1.29. The van der Waals surface area contributed by atoms with Crippen molar-refractivity contribution < 1.29 is 9.13 Å². The largest absolute Gasteiger partial charge is 0.495 e. The van der Waals surface area contributed by atoms with Crippen LogP contribution in [0.4, 0.5) is 10.1 Å². The van der Waals surface area contributed by atoms with Crippen LogP contribution in [0.2, 0.25) is 0 Å². The monoisotopic (exact) mass is 266 g/mol. The second-order valence-electron chi connectivity index (χ2n) is 5.23. The second kappa shape index (κ2) is 6.75. The lowest BCUT2D eigenvalue weighted by molar-refractivity contribution is 0.312. The maximum absolute atomic E-state index is 13.2. The third-order valence-corrected chi connectivity index (χ3v) is 4.00. The van der Waals surface area contributed by atoms with Crippen LogP contribution in [-0.2, 0) is 0 Å². The first-order valence-electron chi connectivity index (χ1n) is 6.97. The Kier molecular flexibility index (Phi) is 5.02. The molecule has 0 aromatic heterocycles.